The van der Waals surface area contributed by atoms with Crippen LogP contribution in [0.2, 0.25) is 0 Å². The van der Waals surface area contributed by atoms with E-state index in [1.807, 2.05) is 0 Å². The molecule has 0 fully saturated rings. The Morgan fingerprint density at radius 2 is 1.70 bits per heavy atom. The van der Waals surface area contributed by atoms with Crippen molar-refractivity contribution in [2.45, 2.75) is 13.8 Å². The van der Waals surface area contributed by atoms with Crippen LogP contribution in [-0.4, -0.2) is 15.7 Å². The molecular weight excluding hydrogens is 118 g/mol. The smallest absolute Gasteiger partial charge is 0.0946 e. The van der Waals surface area contributed by atoms with Crippen molar-refractivity contribution in [3.63, 3.8) is 0 Å². The first-order valence-corrected chi connectivity index (χ1v) is 3.65. The molecule has 0 unspecified atom stereocenters. The zero-order valence-corrected chi connectivity index (χ0v) is 7.15. The standard InChI is InChI=1S/C8H12B2/c1-5-3-6(2)8(10)7(9)4-5/h3-4H,9-10H2,1-2H3. The molecule has 1 aromatic carbocycles. The molecule has 0 radical (unpaired) electrons. The lowest BCUT2D eigenvalue weighted by atomic mass is 9.77. The van der Waals surface area contributed by atoms with Gasteiger partial charge in [-0.15, -0.1) is 0 Å². The summed E-state index contributed by atoms with van der Waals surface area (Å²) in [6.07, 6.45) is 0. The van der Waals surface area contributed by atoms with Gasteiger partial charge in [-0.3, -0.25) is 0 Å². The molecule has 0 aliphatic heterocycles. The van der Waals surface area contributed by atoms with Crippen molar-refractivity contribution >= 4 is 26.6 Å². The number of benzene rings is 1. The molecular formula is C8H12B2. The molecule has 10 heavy (non-hydrogen) atoms. The predicted molar refractivity (Wildman–Crippen MR) is 52.3 cm³/mol. The topological polar surface area (TPSA) is 0 Å². The van der Waals surface area contributed by atoms with Gasteiger partial charge in [0.2, 0.25) is 0 Å². The van der Waals surface area contributed by atoms with Gasteiger partial charge >= 0.3 is 0 Å². The normalized spacial score (nSPS) is 9.80. The molecule has 1 rings (SSSR count). The van der Waals surface area contributed by atoms with Crippen LogP contribution in [0.1, 0.15) is 11.1 Å². The van der Waals surface area contributed by atoms with Crippen molar-refractivity contribution in [3.8, 4) is 0 Å². The summed E-state index contributed by atoms with van der Waals surface area (Å²) in [7, 11) is 4.33. The molecule has 0 atom stereocenters. The molecule has 0 aliphatic rings. The molecule has 0 spiro atoms. The number of rotatable bonds is 0. The summed E-state index contributed by atoms with van der Waals surface area (Å²) in [6.45, 7) is 4.30. The second kappa shape index (κ2) is 2.53. The van der Waals surface area contributed by atoms with E-state index in [-0.39, 0.29) is 0 Å². The summed E-state index contributed by atoms with van der Waals surface area (Å²) in [5.41, 5.74) is 5.58. The zero-order chi connectivity index (χ0) is 7.72. The highest BCUT2D eigenvalue weighted by molar-refractivity contribution is 6.49. The molecule has 0 amide bonds. The second-order valence-corrected chi connectivity index (χ2v) is 3.02. The van der Waals surface area contributed by atoms with Crippen LogP contribution < -0.4 is 10.9 Å². The first kappa shape index (κ1) is 7.46. The van der Waals surface area contributed by atoms with E-state index >= 15 is 0 Å². The highest BCUT2D eigenvalue weighted by Crippen LogP contribution is 1.95. The third-order valence-electron chi connectivity index (χ3n) is 2.07. The minimum Gasteiger partial charge on any atom is -0.0946 e. The van der Waals surface area contributed by atoms with E-state index in [1.165, 1.54) is 22.1 Å². The van der Waals surface area contributed by atoms with Gasteiger partial charge in [-0.1, -0.05) is 34.2 Å². The SMILES string of the molecule is Bc1cc(C)cc(C)c1B. The average molecular weight is 130 g/mol. The van der Waals surface area contributed by atoms with Crippen molar-refractivity contribution in [1.29, 1.82) is 0 Å². The highest BCUT2D eigenvalue weighted by atomic mass is 13.9. The third kappa shape index (κ3) is 1.26. The number of hydrogen-bond donors (Lipinski definition) is 0. The van der Waals surface area contributed by atoms with E-state index in [0.29, 0.717) is 0 Å². The van der Waals surface area contributed by atoms with Crippen LogP contribution in [0, 0.1) is 13.8 Å². The van der Waals surface area contributed by atoms with Gasteiger partial charge in [0.1, 0.15) is 15.7 Å². The van der Waals surface area contributed by atoms with Crippen LogP contribution in [0.15, 0.2) is 12.1 Å². The Morgan fingerprint density at radius 3 is 2.20 bits per heavy atom. The number of hydrogen-bond acceptors (Lipinski definition) is 0. The maximum absolute atomic E-state index is 2.22. The first-order valence-electron chi connectivity index (χ1n) is 3.65. The Kier molecular flexibility index (Phi) is 1.89. The molecule has 0 bridgehead atoms. The summed E-state index contributed by atoms with van der Waals surface area (Å²) in [4.78, 5) is 0. The maximum atomic E-state index is 2.22. The van der Waals surface area contributed by atoms with Crippen molar-refractivity contribution < 1.29 is 0 Å². The monoisotopic (exact) mass is 130 g/mol. The van der Waals surface area contributed by atoms with Crippen molar-refractivity contribution in [2.75, 3.05) is 0 Å². The summed E-state index contributed by atoms with van der Waals surface area (Å²) >= 11 is 0. The number of aryl methyl sites for hydroxylation is 2. The quantitative estimate of drug-likeness (QED) is 0.387. The molecule has 50 valence electrons. The van der Waals surface area contributed by atoms with E-state index in [1.54, 1.807) is 0 Å². The summed E-state index contributed by atoms with van der Waals surface area (Å²) in [5, 5.41) is 0. The van der Waals surface area contributed by atoms with Crippen LogP contribution in [0.25, 0.3) is 0 Å². The van der Waals surface area contributed by atoms with Gasteiger partial charge in [0, 0.05) is 0 Å². The molecule has 0 nitrogen and oxygen atoms in total. The van der Waals surface area contributed by atoms with Crippen LogP contribution in [-0.2, 0) is 0 Å². The zero-order valence-electron chi connectivity index (χ0n) is 7.15. The fourth-order valence-corrected chi connectivity index (χ4v) is 1.25. The largest absolute Gasteiger partial charge is 0.138 e. The Labute approximate surface area is 64.5 Å². The fraction of sp³-hybridized carbons (Fsp3) is 0.250. The van der Waals surface area contributed by atoms with Gasteiger partial charge in [0.05, 0.1) is 0 Å². The van der Waals surface area contributed by atoms with E-state index in [4.69, 9.17) is 0 Å². The second-order valence-electron chi connectivity index (χ2n) is 3.02. The lowest BCUT2D eigenvalue weighted by molar-refractivity contribution is 1.43. The van der Waals surface area contributed by atoms with E-state index in [0.717, 1.165) is 0 Å². The average Bonchev–Trinajstić information content (AvgIpc) is 1.82. The molecule has 0 saturated carbocycles. The van der Waals surface area contributed by atoms with Crippen molar-refractivity contribution in [3.05, 3.63) is 23.3 Å². The molecule has 0 aromatic heterocycles. The Hall–Kier alpha value is -0.650. The third-order valence-corrected chi connectivity index (χ3v) is 2.07. The minimum atomic E-state index is 1.36. The van der Waals surface area contributed by atoms with Crippen LogP contribution in [0.5, 0.6) is 0 Å². The summed E-state index contributed by atoms with van der Waals surface area (Å²) < 4.78 is 0. The van der Waals surface area contributed by atoms with Gasteiger partial charge in [0.25, 0.3) is 0 Å². The fourth-order valence-electron chi connectivity index (χ4n) is 1.25. The van der Waals surface area contributed by atoms with Gasteiger partial charge in [0.15, 0.2) is 0 Å². The molecule has 0 heterocycles. The molecule has 0 aliphatic carbocycles. The van der Waals surface area contributed by atoms with Gasteiger partial charge in [-0.05, 0) is 13.8 Å². The molecule has 0 saturated heterocycles. The van der Waals surface area contributed by atoms with Crippen LogP contribution >= 0.6 is 0 Å². The first-order chi connectivity index (χ1) is 4.61. The van der Waals surface area contributed by atoms with Crippen LogP contribution in [0.3, 0.4) is 0 Å². The van der Waals surface area contributed by atoms with E-state index in [2.05, 4.69) is 41.7 Å². The molecule has 1 aromatic rings. The highest BCUT2D eigenvalue weighted by Gasteiger charge is 1.95. The van der Waals surface area contributed by atoms with Gasteiger partial charge in [-0.2, -0.15) is 0 Å². The van der Waals surface area contributed by atoms with E-state index < -0.39 is 0 Å². The van der Waals surface area contributed by atoms with E-state index in [9.17, 15) is 0 Å². The maximum Gasteiger partial charge on any atom is 0.138 e. The Morgan fingerprint density at radius 1 is 1.10 bits per heavy atom. The lowest BCUT2D eigenvalue weighted by Gasteiger charge is -2.05. The molecule has 0 N–H and O–H groups in total. The van der Waals surface area contributed by atoms with Gasteiger partial charge < -0.3 is 0 Å². The summed E-state index contributed by atoms with van der Waals surface area (Å²) in [6, 6.07) is 4.45. The molecule has 2 heteroatoms. The van der Waals surface area contributed by atoms with Crippen molar-refractivity contribution in [1.82, 2.24) is 0 Å². The summed E-state index contributed by atoms with van der Waals surface area (Å²) in [5.74, 6) is 0. The van der Waals surface area contributed by atoms with Gasteiger partial charge in [-0.25, -0.2) is 0 Å². The van der Waals surface area contributed by atoms with Crippen LogP contribution in [0.4, 0.5) is 0 Å². The predicted octanol–water partition coefficient (Wildman–Crippen LogP) is -1.18. The Balaban J connectivity index is 3.31. The minimum absolute atomic E-state index is 1.36. The lowest BCUT2D eigenvalue weighted by Crippen LogP contribution is -2.28. The Bertz CT molecular complexity index is 230. The van der Waals surface area contributed by atoms with Crippen molar-refractivity contribution in [2.24, 2.45) is 0 Å².